The van der Waals surface area contributed by atoms with E-state index in [2.05, 4.69) is 15.9 Å². The smallest absolute Gasteiger partial charge is 0.137 e. The van der Waals surface area contributed by atoms with Crippen LogP contribution in [0.25, 0.3) is 0 Å². The number of benzene rings is 2. The number of ether oxygens (including phenoxy) is 1. The molecule has 0 saturated heterocycles. The first-order chi connectivity index (χ1) is 9.04. The Kier molecular flexibility index (Phi) is 4.34. The van der Waals surface area contributed by atoms with Gasteiger partial charge >= 0.3 is 0 Å². The van der Waals surface area contributed by atoms with Crippen LogP contribution in [0.2, 0.25) is 5.02 Å². The van der Waals surface area contributed by atoms with Gasteiger partial charge in [0.1, 0.15) is 11.9 Å². The summed E-state index contributed by atoms with van der Waals surface area (Å²) in [5, 5.41) is 10.8. The molecule has 2 rings (SSSR count). The van der Waals surface area contributed by atoms with Gasteiger partial charge in [-0.05, 0) is 24.3 Å². The Morgan fingerprint density at radius 3 is 2.68 bits per heavy atom. The molecule has 1 unspecified atom stereocenters. The standard InChI is InChI=1S/C14H13BrClNO2/c1-19-12-4-2-3-9(13(12)16)14(18)10-7-8(15)5-6-11(10)17/h2-7,14,18H,17H2,1H3. The van der Waals surface area contributed by atoms with Crippen molar-refractivity contribution in [2.45, 2.75) is 6.10 Å². The molecule has 0 bridgehead atoms. The number of hydrogen-bond donors (Lipinski definition) is 2. The zero-order chi connectivity index (χ0) is 14.0. The summed E-state index contributed by atoms with van der Waals surface area (Å²) in [6, 6.07) is 10.6. The largest absolute Gasteiger partial charge is 0.495 e. The number of rotatable bonds is 3. The quantitative estimate of drug-likeness (QED) is 0.835. The van der Waals surface area contributed by atoms with Crippen LogP contribution in [-0.4, -0.2) is 12.2 Å². The summed E-state index contributed by atoms with van der Waals surface area (Å²) < 4.78 is 5.98. The van der Waals surface area contributed by atoms with Crippen LogP contribution in [0.1, 0.15) is 17.2 Å². The average Bonchev–Trinajstić information content (AvgIpc) is 2.41. The highest BCUT2D eigenvalue weighted by Gasteiger charge is 2.18. The van der Waals surface area contributed by atoms with Crippen LogP contribution >= 0.6 is 27.5 Å². The lowest BCUT2D eigenvalue weighted by Gasteiger charge is -2.17. The van der Waals surface area contributed by atoms with Gasteiger partial charge < -0.3 is 15.6 Å². The summed E-state index contributed by atoms with van der Waals surface area (Å²) in [4.78, 5) is 0. The molecule has 0 aromatic heterocycles. The van der Waals surface area contributed by atoms with Crippen LogP contribution in [0.5, 0.6) is 5.75 Å². The first kappa shape index (κ1) is 14.2. The number of methoxy groups -OCH3 is 1. The number of aliphatic hydroxyl groups excluding tert-OH is 1. The lowest BCUT2D eigenvalue weighted by Crippen LogP contribution is -2.05. The highest BCUT2D eigenvalue weighted by atomic mass is 79.9. The van der Waals surface area contributed by atoms with Gasteiger partial charge in [0.15, 0.2) is 0 Å². The maximum absolute atomic E-state index is 10.5. The van der Waals surface area contributed by atoms with Gasteiger partial charge in [-0.25, -0.2) is 0 Å². The second-order valence-corrected chi connectivity index (χ2v) is 5.33. The van der Waals surface area contributed by atoms with Gasteiger partial charge in [0.25, 0.3) is 0 Å². The Hall–Kier alpha value is -1.23. The molecule has 0 amide bonds. The molecule has 2 aromatic rings. The maximum Gasteiger partial charge on any atom is 0.137 e. The van der Waals surface area contributed by atoms with Gasteiger partial charge in [0.05, 0.1) is 12.1 Å². The van der Waals surface area contributed by atoms with Crippen LogP contribution < -0.4 is 10.5 Å². The Bertz CT molecular complexity index is 604. The Balaban J connectivity index is 2.50. The van der Waals surface area contributed by atoms with Crippen molar-refractivity contribution in [3.8, 4) is 5.75 Å². The zero-order valence-electron chi connectivity index (χ0n) is 10.2. The number of nitrogen functional groups attached to an aromatic ring is 1. The molecule has 0 saturated carbocycles. The fourth-order valence-corrected chi connectivity index (χ4v) is 2.53. The molecule has 0 radical (unpaired) electrons. The molecule has 0 fully saturated rings. The highest BCUT2D eigenvalue weighted by Crippen LogP contribution is 2.36. The number of hydrogen-bond acceptors (Lipinski definition) is 3. The minimum atomic E-state index is -0.903. The van der Waals surface area contributed by atoms with Crippen LogP contribution in [-0.2, 0) is 0 Å². The molecule has 1 atom stereocenters. The first-order valence-electron chi connectivity index (χ1n) is 5.60. The van der Waals surface area contributed by atoms with Gasteiger partial charge in [-0.2, -0.15) is 0 Å². The number of anilines is 1. The maximum atomic E-state index is 10.5. The predicted octanol–water partition coefficient (Wildman–Crippen LogP) is 3.78. The van der Waals surface area contributed by atoms with Crippen molar-refractivity contribution in [1.29, 1.82) is 0 Å². The predicted molar refractivity (Wildman–Crippen MR) is 80.6 cm³/mol. The monoisotopic (exact) mass is 341 g/mol. The van der Waals surface area contributed by atoms with Crippen LogP contribution in [0.4, 0.5) is 5.69 Å². The molecule has 0 heterocycles. The van der Waals surface area contributed by atoms with E-state index in [9.17, 15) is 5.11 Å². The molecular weight excluding hydrogens is 330 g/mol. The van der Waals surface area contributed by atoms with Crippen LogP contribution in [0, 0.1) is 0 Å². The normalized spacial score (nSPS) is 12.2. The molecular formula is C14H13BrClNO2. The molecule has 100 valence electrons. The summed E-state index contributed by atoms with van der Waals surface area (Å²) in [6.45, 7) is 0. The summed E-state index contributed by atoms with van der Waals surface area (Å²) in [6.07, 6.45) is -0.903. The number of nitrogens with two attached hydrogens (primary N) is 1. The summed E-state index contributed by atoms with van der Waals surface area (Å²) >= 11 is 9.57. The van der Waals surface area contributed by atoms with Crippen molar-refractivity contribution >= 4 is 33.2 Å². The van der Waals surface area contributed by atoms with E-state index in [0.717, 1.165) is 4.47 Å². The van der Waals surface area contributed by atoms with E-state index in [1.54, 1.807) is 30.3 Å². The number of aliphatic hydroxyl groups is 1. The topological polar surface area (TPSA) is 55.5 Å². The van der Waals surface area contributed by atoms with Crippen molar-refractivity contribution in [1.82, 2.24) is 0 Å². The van der Waals surface area contributed by atoms with Gasteiger partial charge in [-0.3, -0.25) is 0 Å². The second-order valence-electron chi connectivity index (χ2n) is 4.04. The third kappa shape index (κ3) is 2.86. The van der Waals surface area contributed by atoms with Crippen molar-refractivity contribution in [3.05, 3.63) is 57.0 Å². The molecule has 5 heteroatoms. The third-order valence-electron chi connectivity index (χ3n) is 2.85. The highest BCUT2D eigenvalue weighted by molar-refractivity contribution is 9.10. The van der Waals surface area contributed by atoms with Crippen molar-refractivity contribution in [2.24, 2.45) is 0 Å². The van der Waals surface area contributed by atoms with E-state index in [0.29, 0.717) is 27.6 Å². The third-order valence-corrected chi connectivity index (χ3v) is 3.75. The molecule has 0 aliphatic carbocycles. The molecule has 2 aromatic carbocycles. The molecule has 3 N–H and O–H groups in total. The molecule has 3 nitrogen and oxygen atoms in total. The van der Waals surface area contributed by atoms with Gasteiger partial charge in [0.2, 0.25) is 0 Å². The Labute approximate surface area is 125 Å². The SMILES string of the molecule is COc1cccc(C(O)c2cc(Br)ccc2N)c1Cl. The summed E-state index contributed by atoms with van der Waals surface area (Å²) in [5.41, 5.74) is 7.56. The van der Waals surface area contributed by atoms with E-state index in [1.165, 1.54) is 7.11 Å². The Morgan fingerprint density at radius 2 is 2.00 bits per heavy atom. The minimum Gasteiger partial charge on any atom is -0.495 e. The lowest BCUT2D eigenvalue weighted by atomic mass is 10.00. The summed E-state index contributed by atoms with van der Waals surface area (Å²) in [7, 11) is 1.53. The van der Waals surface area contributed by atoms with E-state index in [4.69, 9.17) is 22.1 Å². The van der Waals surface area contributed by atoms with Gasteiger partial charge in [0, 0.05) is 21.3 Å². The van der Waals surface area contributed by atoms with Gasteiger partial charge in [-0.1, -0.05) is 39.7 Å². The van der Waals surface area contributed by atoms with E-state index in [1.807, 2.05) is 6.07 Å². The molecule has 0 aliphatic rings. The Morgan fingerprint density at radius 1 is 1.26 bits per heavy atom. The zero-order valence-corrected chi connectivity index (χ0v) is 12.6. The van der Waals surface area contributed by atoms with Gasteiger partial charge in [-0.15, -0.1) is 0 Å². The lowest BCUT2D eigenvalue weighted by molar-refractivity contribution is 0.220. The molecule has 0 spiro atoms. The molecule has 19 heavy (non-hydrogen) atoms. The van der Waals surface area contributed by atoms with E-state index < -0.39 is 6.10 Å². The van der Waals surface area contributed by atoms with Crippen LogP contribution in [0.15, 0.2) is 40.9 Å². The fraction of sp³-hybridized carbons (Fsp3) is 0.143. The van der Waals surface area contributed by atoms with Crippen molar-refractivity contribution in [2.75, 3.05) is 12.8 Å². The summed E-state index contributed by atoms with van der Waals surface area (Å²) in [5.74, 6) is 0.520. The second kappa shape index (κ2) is 5.82. The first-order valence-corrected chi connectivity index (χ1v) is 6.77. The minimum absolute atomic E-state index is 0.386. The average molecular weight is 343 g/mol. The fourth-order valence-electron chi connectivity index (χ4n) is 1.85. The van der Waals surface area contributed by atoms with E-state index >= 15 is 0 Å². The van der Waals surface area contributed by atoms with E-state index in [-0.39, 0.29) is 0 Å². The molecule has 0 aliphatic heterocycles. The van der Waals surface area contributed by atoms with Crippen LogP contribution in [0.3, 0.4) is 0 Å². The number of halogens is 2. The van der Waals surface area contributed by atoms with Crippen molar-refractivity contribution < 1.29 is 9.84 Å². The van der Waals surface area contributed by atoms with Crippen molar-refractivity contribution in [3.63, 3.8) is 0 Å².